The number of nitriles is 1. The molecule has 0 spiro atoms. The number of nitro benzene ring substituents is 1. The SMILES string of the molecule is CCCCN(/C=C(/C#N)C(=O)Nc1ccccc1[N+](=O)[O-])CCCC. The summed E-state index contributed by atoms with van der Waals surface area (Å²) < 4.78 is 0. The third kappa shape index (κ3) is 6.63. The minimum absolute atomic E-state index is 0.0645. The van der Waals surface area contributed by atoms with Gasteiger partial charge in [0.15, 0.2) is 0 Å². The average Bonchev–Trinajstić information content (AvgIpc) is 2.61. The van der Waals surface area contributed by atoms with E-state index in [1.807, 2.05) is 11.0 Å². The Labute approximate surface area is 148 Å². The number of amides is 1. The van der Waals surface area contributed by atoms with Gasteiger partial charge in [0, 0.05) is 25.4 Å². The summed E-state index contributed by atoms with van der Waals surface area (Å²) in [6, 6.07) is 7.75. The van der Waals surface area contributed by atoms with Crippen LogP contribution in [0.2, 0.25) is 0 Å². The Balaban J connectivity index is 2.95. The number of para-hydroxylation sites is 2. The Hall–Kier alpha value is -2.88. The number of carbonyl (C=O) groups excluding carboxylic acids is 1. The third-order valence-electron chi connectivity index (χ3n) is 3.62. The Morgan fingerprint density at radius 1 is 1.28 bits per heavy atom. The molecule has 0 radical (unpaired) electrons. The fourth-order valence-corrected chi connectivity index (χ4v) is 2.21. The second kappa shape index (κ2) is 10.8. The van der Waals surface area contributed by atoms with Crippen LogP contribution in [0.25, 0.3) is 0 Å². The lowest BCUT2D eigenvalue weighted by Crippen LogP contribution is -2.23. The maximum atomic E-state index is 12.4. The Morgan fingerprint density at radius 3 is 2.40 bits per heavy atom. The number of carbonyl (C=O) groups is 1. The molecule has 0 heterocycles. The van der Waals surface area contributed by atoms with Gasteiger partial charge in [-0.15, -0.1) is 0 Å². The smallest absolute Gasteiger partial charge is 0.292 e. The van der Waals surface area contributed by atoms with E-state index in [2.05, 4.69) is 19.2 Å². The first-order valence-corrected chi connectivity index (χ1v) is 8.44. The largest absolute Gasteiger partial charge is 0.376 e. The van der Waals surface area contributed by atoms with Crippen LogP contribution in [0, 0.1) is 21.4 Å². The van der Waals surface area contributed by atoms with Crippen molar-refractivity contribution >= 4 is 17.3 Å². The minimum Gasteiger partial charge on any atom is -0.376 e. The van der Waals surface area contributed by atoms with Crippen molar-refractivity contribution < 1.29 is 9.72 Å². The van der Waals surface area contributed by atoms with E-state index in [9.17, 15) is 20.2 Å². The first-order chi connectivity index (χ1) is 12.0. The van der Waals surface area contributed by atoms with Crippen molar-refractivity contribution in [2.75, 3.05) is 18.4 Å². The summed E-state index contributed by atoms with van der Waals surface area (Å²) in [6.07, 6.45) is 5.51. The second-order valence-electron chi connectivity index (χ2n) is 5.63. The highest BCUT2D eigenvalue weighted by atomic mass is 16.6. The quantitative estimate of drug-likeness (QED) is 0.301. The van der Waals surface area contributed by atoms with Crippen LogP contribution < -0.4 is 5.32 Å². The first kappa shape index (κ1) is 20.2. The van der Waals surface area contributed by atoms with Crippen molar-refractivity contribution in [3.05, 3.63) is 46.2 Å². The fourth-order valence-electron chi connectivity index (χ4n) is 2.21. The van der Waals surface area contributed by atoms with Gasteiger partial charge in [-0.3, -0.25) is 14.9 Å². The lowest BCUT2D eigenvalue weighted by atomic mass is 10.2. The average molecular weight is 344 g/mol. The van der Waals surface area contributed by atoms with E-state index in [1.54, 1.807) is 12.3 Å². The van der Waals surface area contributed by atoms with E-state index in [0.717, 1.165) is 38.8 Å². The van der Waals surface area contributed by atoms with E-state index in [0.29, 0.717) is 0 Å². The normalized spacial score (nSPS) is 10.8. The van der Waals surface area contributed by atoms with Gasteiger partial charge in [0.1, 0.15) is 17.3 Å². The van der Waals surface area contributed by atoms with Crippen molar-refractivity contribution in [1.82, 2.24) is 4.90 Å². The number of nitrogens with zero attached hydrogens (tertiary/aromatic N) is 3. The van der Waals surface area contributed by atoms with E-state index >= 15 is 0 Å². The van der Waals surface area contributed by atoms with Gasteiger partial charge in [-0.1, -0.05) is 38.8 Å². The molecule has 0 atom stereocenters. The van der Waals surface area contributed by atoms with E-state index in [-0.39, 0.29) is 16.9 Å². The Bertz CT molecular complexity index is 657. The van der Waals surface area contributed by atoms with Crippen LogP contribution in [-0.4, -0.2) is 28.8 Å². The van der Waals surface area contributed by atoms with Gasteiger partial charge < -0.3 is 10.2 Å². The Kier molecular flexibility index (Phi) is 8.72. The molecule has 0 aliphatic rings. The molecule has 1 rings (SSSR count). The molecule has 0 aliphatic heterocycles. The summed E-state index contributed by atoms with van der Waals surface area (Å²) in [5, 5.41) is 22.8. The molecule has 7 nitrogen and oxygen atoms in total. The van der Waals surface area contributed by atoms with Crippen molar-refractivity contribution in [3.8, 4) is 6.07 Å². The van der Waals surface area contributed by atoms with Crippen molar-refractivity contribution in [2.24, 2.45) is 0 Å². The highest BCUT2D eigenvalue weighted by Gasteiger charge is 2.17. The van der Waals surface area contributed by atoms with E-state index in [4.69, 9.17) is 0 Å². The van der Waals surface area contributed by atoms with Crippen LogP contribution in [0.4, 0.5) is 11.4 Å². The Morgan fingerprint density at radius 2 is 1.88 bits per heavy atom. The van der Waals surface area contributed by atoms with Crippen LogP contribution in [0.3, 0.4) is 0 Å². The van der Waals surface area contributed by atoms with Crippen LogP contribution >= 0.6 is 0 Å². The van der Waals surface area contributed by atoms with Gasteiger partial charge in [-0.2, -0.15) is 5.26 Å². The molecule has 0 fully saturated rings. The number of hydrogen-bond donors (Lipinski definition) is 1. The van der Waals surface area contributed by atoms with Gasteiger partial charge in [0.25, 0.3) is 11.6 Å². The predicted molar refractivity (Wildman–Crippen MR) is 96.8 cm³/mol. The predicted octanol–water partition coefficient (Wildman–Crippen LogP) is 3.84. The summed E-state index contributed by atoms with van der Waals surface area (Å²) >= 11 is 0. The fraction of sp³-hybridized carbons (Fsp3) is 0.444. The van der Waals surface area contributed by atoms with Crippen LogP contribution in [0.5, 0.6) is 0 Å². The topological polar surface area (TPSA) is 99.3 Å². The monoisotopic (exact) mass is 344 g/mol. The third-order valence-corrected chi connectivity index (χ3v) is 3.62. The molecule has 0 aliphatic carbocycles. The first-order valence-electron chi connectivity index (χ1n) is 8.44. The number of rotatable bonds is 10. The lowest BCUT2D eigenvalue weighted by molar-refractivity contribution is -0.383. The maximum Gasteiger partial charge on any atom is 0.292 e. The molecule has 1 aromatic rings. The minimum atomic E-state index is -0.644. The molecule has 0 saturated heterocycles. The van der Waals surface area contributed by atoms with Gasteiger partial charge in [0.2, 0.25) is 0 Å². The van der Waals surface area contributed by atoms with Crippen LogP contribution in [0.1, 0.15) is 39.5 Å². The molecule has 1 N–H and O–H groups in total. The molecule has 25 heavy (non-hydrogen) atoms. The zero-order chi connectivity index (χ0) is 18.7. The molecule has 0 saturated carbocycles. The van der Waals surface area contributed by atoms with Crippen LogP contribution in [0.15, 0.2) is 36.0 Å². The molecule has 0 aromatic heterocycles. The van der Waals surface area contributed by atoms with E-state index in [1.165, 1.54) is 18.2 Å². The van der Waals surface area contributed by atoms with Gasteiger partial charge in [-0.05, 0) is 18.9 Å². The zero-order valence-corrected chi connectivity index (χ0v) is 14.7. The lowest BCUT2D eigenvalue weighted by Gasteiger charge is -2.20. The number of hydrogen-bond acceptors (Lipinski definition) is 5. The molecule has 1 amide bonds. The molecule has 0 bridgehead atoms. The molecule has 0 unspecified atom stereocenters. The standard InChI is InChI=1S/C18H24N4O3/c1-3-5-11-21(12-6-4-2)14-15(13-19)18(23)20-16-9-7-8-10-17(16)22(24)25/h7-10,14H,3-6,11-12H2,1-2H3,(H,20,23)/b15-14-. The van der Waals surface area contributed by atoms with Crippen molar-refractivity contribution in [2.45, 2.75) is 39.5 Å². The molecule has 7 heteroatoms. The number of benzene rings is 1. The van der Waals surface area contributed by atoms with Gasteiger partial charge in [0.05, 0.1) is 4.92 Å². The summed E-state index contributed by atoms with van der Waals surface area (Å²) in [5.74, 6) is -0.644. The molecular weight excluding hydrogens is 320 g/mol. The number of nitrogens with one attached hydrogen (secondary N) is 1. The molecule has 134 valence electrons. The van der Waals surface area contributed by atoms with Gasteiger partial charge in [-0.25, -0.2) is 0 Å². The van der Waals surface area contributed by atoms with Crippen molar-refractivity contribution in [3.63, 3.8) is 0 Å². The molecular formula is C18H24N4O3. The molecule has 1 aromatic carbocycles. The zero-order valence-electron chi connectivity index (χ0n) is 14.7. The number of anilines is 1. The number of nitro groups is 1. The summed E-state index contributed by atoms with van der Waals surface area (Å²) in [7, 11) is 0. The highest BCUT2D eigenvalue weighted by molar-refractivity contribution is 6.07. The number of unbranched alkanes of at least 4 members (excludes halogenated alkanes) is 2. The van der Waals surface area contributed by atoms with Crippen molar-refractivity contribution in [1.29, 1.82) is 5.26 Å². The highest BCUT2D eigenvalue weighted by Crippen LogP contribution is 2.23. The van der Waals surface area contributed by atoms with Gasteiger partial charge >= 0.3 is 0 Å². The summed E-state index contributed by atoms with van der Waals surface area (Å²) in [4.78, 5) is 24.8. The van der Waals surface area contributed by atoms with E-state index < -0.39 is 10.8 Å². The second-order valence-corrected chi connectivity index (χ2v) is 5.63. The summed E-state index contributed by atoms with van der Waals surface area (Å²) in [6.45, 7) is 5.68. The summed E-state index contributed by atoms with van der Waals surface area (Å²) in [5.41, 5.74) is -0.195. The maximum absolute atomic E-state index is 12.4. The van der Waals surface area contributed by atoms with Crippen LogP contribution in [-0.2, 0) is 4.79 Å².